The van der Waals surface area contributed by atoms with Gasteiger partial charge in [-0.15, -0.1) is 0 Å². The fraction of sp³-hybridized carbons (Fsp3) is 0.875. The van der Waals surface area contributed by atoms with Crippen LogP contribution < -0.4 is 0 Å². The van der Waals surface area contributed by atoms with Crippen LogP contribution in [0, 0.1) is 0 Å². The minimum atomic E-state index is -4.22. The van der Waals surface area contributed by atoms with Crippen molar-refractivity contribution in [2.24, 2.45) is 0 Å². The summed E-state index contributed by atoms with van der Waals surface area (Å²) in [4.78, 5) is 11.7. The number of nitrogens with zero attached hydrogens (tertiary/aromatic N) is 1. The Bertz CT molecular complexity index is 167. The van der Waals surface area contributed by atoms with Crippen molar-refractivity contribution >= 4 is 5.78 Å². The van der Waals surface area contributed by atoms with Crippen LogP contribution in [0.4, 0.5) is 13.2 Å². The zero-order valence-corrected chi connectivity index (χ0v) is 7.82. The van der Waals surface area contributed by atoms with Gasteiger partial charge in [0.1, 0.15) is 5.78 Å². The van der Waals surface area contributed by atoms with Crippen molar-refractivity contribution in [3.63, 3.8) is 0 Å². The van der Waals surface area contributed by atoms with Crippen LogP contribution in [0.15, 0.2) is 0 Å². The van der Waals surface area contributed by atoms with Gasteiger partial charge in [0.15, 0.2) is 0 Å². The van der Waals surface area contributed by atoms with Gasteiger partial charge in [-0.1, -0.05) is 6.92 Å². The second-order valence-corrected chi connectivity index (χ2v) is 3.03. The van der Waals surface area contributed by atoms with Crippen LogP contribution in [0.25, 0.3) is 0 Å². The average Bonchev–Trinajstić information content (AvgIpc) is 1.81. The Labute approximate surface area is 75.7 Å². The number of hydrogen-bond donors (Lipinski definition) is 0. The van der Waals surface area contributed by atoms with Crippen LogP contribution in [0.2, 0.25) is 0 Å². The number of carbonyl (C=O) groups is 1. The van der Waals surface area contributed by atoms with Crippen molar-refractivity contribution in [3.8, 4) is 0 Å². The molecule has 0 saturated carbocycles. The Morgan fingerprint density at radius 3 is 2.23 bits per heavy atom. The van der Waals surface area contributed by atoms with Crippen molar-refractivity contribution < 1.29 is 18.0 Å². The first-order chi connectivity index (χ1) is 5.85. The van der Waals surface area contributed by atoms with Crippen LogP contribution in [0.1, 0.15) is 20.3 Å². The molecular weight excluding hydrogens is 183 g/mol. The predicted molar refractivity (Wildman–Crippen MR) is 43.5 cm³/mol. The summed E-state index contributed by atoms with van der Waals surface area (Å²) in [7, 11) is 0. The third kappa shape index (κ3) is 7.77. The minimum Gasteiger partial charge on any atom is -0.299 e. The molecule has 0 aliphatic carbocycles. The van der Waals surface area contributed by atoms with Crippen molar-refractivity contribution in [1.29, 1.82) is 0 Å². The first kappa shape index (κ1) is 12.4. The zero-order valence-electron chi connectivity index (χ0n) is 7.82. The van der Waals surface area contributed by atoms with Gasteiger partial charge in [0.2, 0.25) is 0 Å². The second-order valence-electron chi connectivity index (χ2n) is 3.03. The van der Waals surface area contributed by atoms with Crippen molar-refractivity contribution in [2.75, 3.05) is 19.6 Å². The zero-order chi connectivity index (χ0) is 10.5. The second kappa shape index (κ2) is 5.21. The van der Waals surface area contributed by atoms with E-state index in [4.69, 9.17) is 0 Å². The molecule has 0 amide bonds. The van der Waals surface area contributed by atoms with Crippen LogP contribution in [-0.4, -0.2) is 36.5 Å². The molecule has 78 valence electrons. The van der Waals surface area contributed by atoms with Crippen LogP contribution in [-0.2, 0) is 4.79 Å². The molecule has 0 heterocycles. The number of rotatable bonds is 5. The van der Waals surface area contributed by atoms with Gasteiger partial charge in [-0.3, -0.25) is 9.69 Å². The molecule has 0 fully saturated rings. The first-order valence-corrected chi connectivity index (χ1v) is 4.13. The van der Waals surface area contributed by atoms with E-state index < -0.39 is 12.7 Å². The van der Waals surface area contributed by atoms with Gasteiger partial charge in [-0.25, -0.2) is 0 Å². The number of ketones is 1. The molecule has 0 saturated heterocycles. The summed E-state index contributed by atoms with van der Waals surface area (Å²) < 4.78 is 35.8. The van der Waals surface area contributed by atoms with Gasteiger partial charge >= 0.3 is 6.18 Å². The molecule has 2 nitrogen and oxygen atoms in total. The third-order valence-electron chi connectivity index (χ3n) is 1.39. The van der Waals surface area contributed by atoms with E-state index in [9.17, 15) is 18.0 Å². The topological polar surface area (TPSA) is 20.3 Å². The summed E-state index contributed by atoms with van der Waals surface area (Å²) in [6.07, 6.45) is -3.60. The van der Waals surface area contributed by atoms with E-state index in [0.29, 0.717) is 13.0 Å². The fourth-order valence-corrected chi connectivity index (χ4v) is 1.10. The predicted octanol–water partition coefficient (Wildman–Crippen LogP) is 1.85. The highest BCUT2D eigenvalue weighted by atomic mass is 19.4. The van der Waals surface area contributed by atoms with Gasteiger partial charge in [-0.05, 0) is 19.9 Å². The number of carbonyl (C=O) groups excluding carboxylic acids is 1. The third-order valence-corrected chi connectivity index (χ3v) is 1.39. The summed E-state index contributed by atoms with van der Waals surface area (Å²) >= 11 is 0. The fourth-order valence-electron chi connectivity index (χ4n) is 1.10. The molecule has 0 unspecified atom stereocenters. The quantitative estimate of drug-likeness (QED) is 0.670. The molecule has 0 aromatic heterocycles. The summed E-state index contributed by atoms with van der Waals surface area (Å²) in [5.74, 6) is -0.238. The lowest BCUT2D eigenvalue weighted by molar-refractivity contribution is -0.148. The van der Waals surface area contributed by atoms with Crippen LogP contribution in [0.3, 0.4) is 0 Å². The van der Waals surface area contributed by atoms with Gasteiger partial charge in [0, 0.05) is 0 Å². The number of Topliss-reactive ketones (excluding diaryl/α,β-unsaturated/α-hetero) is 1. The maximum Gasteiger partial charge on any atom is 0.401 e. The standard InChI is InChI=1S/C8H14F3NO/c1-3-4-12(5-7(2)13)6-8(9,10)11/h3-6H2,1-2H3. The maximum atomic E-state index is 11.9. The molecule has 0 atom stereocenters. The van der Waals surface area contributed by atoms with Crippen LogP contribution >= 0.6 is 0 Å². The number of alkyl halides is 3. The van der Waals surface area contributed by atoms with Crippen molar-refractivity contribution in [2.45, 2.75) is 26.4 Å². The molecule has 0 rings (SSSR count). The average molecular weight is 197 g/mol. The molecule has 0 spiro atoms. The minimum absolute atomic E-state index is 0.118. The molecule has 0 radical (unpaired) electrons. The van der Waals surface area contributed by atoms with Gasteiger partial charge in [0.25, 0.3) is 0 Å². The first-order valence-electron chi connectivity index (χ1n) is 4.13. The summed E-state index contributed by atoms with van der Waals surface area (Å²) in [6, 6.07) is 0. The Morgan fingerprint density at radius 2 is 1.92 bits per heavy atom. The van der Waals surface area contributed by atoms with E-state index in [2.05, 4.69) is 0 Å². The summed E-state index contributed by atoms with van der Waals surface area (Å²) in [6.45, 7) is 2.26. The molecule has 13 heavy (non-hydrogen) atoms. The summed E-state index contributed by atoms with van der Waals surface area (Å²) in [5.41, 5.74) is 0. The highest BCUT2D eigenvalue weighted by Crippen LogP contribution is 2.16. The van der Waals surface area contributed by atoms with E-state index >= 15 is 0 Å². The van der Waals surface area contributed by atoms with Crippen molar-refractivity contribution in [1.82, 2.24) is 4.90 Å². The number of hydrogen-bond acceptors (Lipinski definition) is 2. The lowest BCUT2D eigenvalue weighted by Gasteiger charge is -2.21. The maximum absolute atomic E-state index is 11.9. The normalized spacial score (nSPS) is 12.2. The van der Waals surface area contributed by atoms with Crippen molar-refractivity contribution in [3.05, 3.63) is 0 Å². The Morgan fingerprint density at radius 1 is 1.38 bits per heavy atom. The van der Waals surface area contributed by atoms with E-state index in [1.807, 2.05) is 0 Å². The molecule has 0 aliphatic rings. The smallest absolute Gasteiger partial charge is 0.299 e. The monoisotopic (exact) mass is 197 g/mol. The highest BCUT2D eigenvalue weighted by Gasteiger charge is 2.30. The Kier molecular flexibility index (Phi) is 4.98. The summed E-state index contributed by atoms with van der Waals surface area (Å²) in [5, 5.41) is 0. The van der Waals surface area contributed by atoms with Gasteiger partial charge in [0.05, 0.1) is 13.1 Å². The van der Waals surface area contributed by atoms with E-state index in [0.717, 1.165) is 4.90 Å². The van der Waals surface area contributed by atoms with Gasteiger partial charge < -0.3 is 0 Å². The molecule has 0 aromatic carbocycles. The molecule has 0 aliphatic heterocycles. The van der Waals surface area contributed by atoms with E-state index in [-0.39, 0.29) is 12.3 Å². The van der Waals surface area contributed by atoms with E-state index in [1.165, 1.54) is 6.92 Å². The highest BCUT2D eigenvalue weighted by molar-refractivity contribution is 5.77. The molecule has 0 N–H and O–H groups in total. The molecule has 5 heteroatoms. The lowest BCUT2D eigenvalue weighted by atomic mass is 10.3. The molecule has 0 bridgehead atoms. The van der Waals surface area contributed by atoms with E-state index in [1.54, 1.807) is 6.92 Å². The van der Waals surface area contributed by atoms with Gasteiger partial charge in [-0.2, -0.15) is 13.2 Å². The largest absolute Gasteiger partial charge is 0.401 e. The Hall–Kier alpha value is -0.580. The Balaban J connectivity index is 4.01. The lowest BCUT2D eigenvalue weighted by Crippen LogP contribution is -2.37. The SMILES string of the molecule is CCCN(CC(C)=O)CC(F)(F)F. The van der Waals surface area contributed by atoms with Crippen LogP contribution in [0.5, 0.6) is 0 Å². The molecular formula is C8H14F3NO. The molecule has 0 aromatic rings. The number of halogens is 3.